The minimum absolute atomic E-state index is 0.738. The molecule has 0 bridgehead atoms. The van der Waals surface area contributed by atoms with Crippen molar-refractivity contribution in [1.82, 2.24) is 0 Å². The van der Waals surface area contributed by atoms with Crippen LogP contribution < -0.4 is 5.73 Å². The van der Waals surface area contributed by atoms with E-state index in [0.29, 0.717) is 0 Å². The molecule has 4 rings (SSSR count). The molecule has 4 aromatic carbocycles. The van der Waals surface area contributed by atoms with Gasteiger partial charge in [-0.3, -0.25) is 0 Å². The van der Waals surface area contributed by atoms with Gasteiger partial charge >= 0.3 is 62.1 Å². The van der Waals surface area contributed by atoms with E-state index in [1.807, 2.05) is 42.5 Å². The van der Waals surface area contributed by atoms with Crippen LogP contribution in [0.4, 0.5) is 5.69 Å². The van der Waals surface area contributed by atoms with Crippen molar-refractivity contribution >= 4 is 99.7 Å². The zero-order valence-corrected chi connectivity index (χ0v) is 27.5. The number of hydrogen-bond acceptors (Lipinski definition) is 1. The molecule has 180 valence electrons. The van der Waals surface area contributed by atoms with Gasteiger partial charge in [0, 0.05) is 21.2 Å². The molecule has 1 nitrogen and oxygen atoms in total. The number of halogens is 8. The number of benzene rings is 4. The molecule has 0 saturated heterocycles. The second kappa shape index (κ2) is 10.5. The van der Waals surface area contributed by atoms with Gasteiger partial charge in [-0.05, 0) is 48.6 Å². The van der Waals surface area contributed by atoms with Gasteiger partial charge in [-0.1, -0.05) is 91.0 Å². The molecule has 0 aromatic heterocycles. The molecule has 34 heavy (non-hydrogen) atoms. The van der Waals surface area contributed by atoms with E-state index in [1.54, 1.807) is 0 Å². The third-order valence-corrected chi connectivity index (χ3v) is 6.22. The molecule has 0 aliphatic carbocycles. The zero-order valence-electron chi connectivity index (χ0n) is 17.2. The van der Waals surface area contributed by atoms with Crippen molar-refractivity contribution in [1.29, 1.82) is 0 Å². The predicted octanol–water partition coefficient (Wildman–Crippen LogP) is 11.6. The summed E-state index contributed by atoms with van der Waals surface area (Å²) in [5, 5.41) is 0. The van der Waals surface area contributed by atoms with E-state index in [-0.39, 0.29) is 0 Å². The monoisotopic (exact) mass is 808 g/mol. The molecule has 0 heterocycles. The first-order chi connectivity index (χ1) is 15.6. The third kappa shape index (κ3) is 8.65. The van der Waals surface area contributed by atoms with E-state index >= 15 is 0 Å². The van der Waals surface area contributed by atoms with Gasteiger partial charge in [0.1, 0.15) is 0 Å². The summed E-state index contributed by atoms with van der Waals surface area (Å²) >= 11 is 7.67. The fourth-order valence-electron chi connectivity index (χ4n) is 3.35. The summed E-state index contributed by atoms with van der Waals surface area (Å²) in [6.45, 7) is 0. The Labute approximate surface area is 235 Å². The van der Waals surface area contributed by atoms with Crippen molar-refractivity contribution in [2.45, 2.75) is 0 Å². The van der Waals surface area contributed by atoms with Crippen molar-refractivity contribution in [2.75, 3.05) is 5.73 Å². The number of hydrogen-bond donors (Lipinski definition) is 1. The Bertz CT molecular complexity index is 1290. The zero-order chi connectivity index (χ0) is 25.2. The first-order valence-corrected chi connectivity index (χ1v) is 30.6. The van der Waals surface area contributed by atoms with Crippen molar-refractivity contribution in [3.05, 3.63) is 99.9 Å². The van der Waals surface area contributed by atoms with E-state index in [4.69, 9.17) is 58.7 Å². The second-order valence-corrected chi connectivity index (χ2v) is 65.7. The van der Waals surface area contributed by atoms with Crippen LogP contribution in [0.3, 0.4) is 0 Å². The molecule has 0 saturated carbocycles. The molecule has 0 aliphatic heterocycles. The Hall–Kier alpha value is 0.198. The van der Waals surface area contributed by atoms with Crippen LogP contribution in [-0.2, 0) is 0 Å². The summed E-state index contributed by atoms with van der Waals surface area (Å²) in [4.78, 5) is 0. The fourth-order valence-corrected chi connectivity index (χ4v) is 5.09. The van der Waals surface area contributed by atoms with Gasteiger partial charge in [-0.15, -0.1) is 0 Å². The van der Waals surface area contributed by atoms with Crippen LogP contribution in [0.5, 0.6) is 0 Å². The van der Waals surface area contributed by atoms with Crippen LogP contribution in [0.1, 0.15) is 0 Å². The topological polar surface area (TPSA) is 26.0 Å². The number of nitrogens with two attached hydrogens (primary N) is 1. The van der Waals surface area contributed by atoms with E-state index < -0.39 is 9.14 Å². The summed E-state index contributed by atoms with van der Waals surface area (Å²) in [6, 6.07) is 31.0. The van der Waals surface area contributed by atoms with E-state index in [9.17, 15) is 0 Å². The van der Waals surface area contributed by atoms with Crippen LogP contribution in [0.2, 0.25) is 0 Å². The van der Waals surface area contributed by atoms with E-state index in [0.717, 1.165) is 48.0 Å². The number of nitrogen functional groups attached to an aromatic ring is 1. The van der Waals surface area contributed by atoms with Gasteiger partial charge in [-0.2, -0.15) is 0 Å². The Balaban J connectivity index is 0.000000406. The molecule has 2 N–H and O–H groups in total. The van der Waals surface area contributed by atoms with Gasteiger partial charge in [0.15, 0.2) is 0 Å². The number of anilines is 1. The molecule has 0 radical (unpaired) electrons. The van der Waals surface area contributed by atoms with Crippen molar-refractivity contribution in [2.24, 2.45) is 0 Å². The van der Waals surface area contributed by atoms with Gasteiger partial charge < -0.3 is 5.73 Å². The molecule has 4 aromatic rings. The number of rotatable bonds is 3. The summed E-state index contributed by atoms with van der Waals surface area (Å²) in [5.41, 5.74) is 13.9. The molecular formula is C24H17Br2Cl6NSb-. The Morgan fingerprint density at radius 1 is 0.471 bits per heavy atom. The van der Waals surface area contributed by atoms with Gasteiger partial charge in [0.2, 0.25) is 0 Å². The first kappa shape index (κ1) is 28.8. The van der Waals surface area contributed by atoms with Gasteiger partial charge in [0.05, 0.1) is 10.2 Å². The predicted molar refractivity (Wildman–Crippen MR) is 163 cm³/mol. The van der Waals surface area contributed by atoms with Crippen LogP contribution in [0, 0.1) is 0 Å². The average Bonchev–Trinajstić information content (AvgIpc) is 2.76. The summed E-state index contributed by atoms with van der Waals surface area (Å²) in [7, 11) is 25.0. The first-order valence-electron chi connectivity index (χ1n) is 9.66. The Morgan fingerprint density at radius 3 is 1.12 bits per heavy atom. The van der Waals surface area contributed by atoms with Crippen LogP contribution in [0.25, 0.3) is 33.4 Å². The standard InChI is InChI=1S/C24H17Br2N.6ClH.Sb/c25-22-19(16-10-4-1-5-11-16)20(17-12-6-2-7-13-17)24(27)23(26)21(22)18-14-8-3-9-15-18;;;;;;;/h1-15H,27H2;6*1H;/q;;;;;;;+5/p-6. The second-order valence-electron chi connectivity index (χ2n) is 7.22. The quantitative estimate of drug-likeness (QED) is 0.162. The van der Waals surface area contributed by atoms with E-state index in [1.165, 1.54) is 0 Å². The summed E-state index contributed by atoms with van der Waals surface area (Å²) in [6.07, 6.45) is 0. The van der Waals surface area contributed by atoms with E-state index in [2.05, 4.69) is 80.4 Å². The fraction of sp³-hybridized carbons (Fsp3) is 0. The van der Waals surface area contributed by atoms with Gasteiger partial charge in [-0.25, -0.2) is 0 Å². The molecule has 0 atom stereocenters. The molecular weight excluding hydrogens is 797 g/mol. The molecule has 0 amide bonds. The molecule has 0 spiro atoms. The molecule has 10 heteroatoms. The maximum absolute atomic E-state index is 6.69. The normalized spacial score (nSPS) is 13.3. The SMILES string of the molecule is Nc1c(Br)c(-c2ccccc2)c(Br)c(-c2ccccc2)c1-c1ccccc1.[Cl][Sb-]([Cl])([Cl])([Cl])([Cl])[Cl]. The van der Waals surface area contributed by atoms with Crippen molar-refractivity contribution < 1.29 is 0 Å². The van der Waals surface area contributed by atoms with Crippen LogP contribution in [0.15, 0.2) is 99.9 Å². The minimum atomic E-state index is -5.42. The van der Waals surface area contributed by atoms with Crippen molar-refractivity contribution in [3.63, 3.8) is 0 Å². The van der Waals surface area contributed by atoms with Gasteiger partial charge in [0.25, 0.3) is 0 Å². The van der Waals surface area contributed by atoms with Crippen LogP contribution in [-0.4, -0.2) is 9.14 Å². The maximum atomic E-state index is 6.69. The Morgan fingerprint density at radius 2 is 0.765 bits per heavy atom. The molecule has 0 unspecified atom stereocenters. The third-order valence-electron chi connectivity index (χ3n) is 4.60. The summed E-state index contributed by atoms with van der Waals surface area (Å²) < 4.78 is 1.93. The van der Waals surface area contributed by atoms with Crippen molar-refractivity contribution in [3.8, 4) is 33.4 Å². The molecule has 0 fully saturated rings. The molecule has 0 aliphatic rings. The summed E-state index contributed by atoms with van der Waals surface area (Å²) in [5.74, 6) is 0. The van der Waals surface area contributed by atoms with Crippen LogP contribution >= 0.6 is 84.8 Å². The average molecular weight is 814 g/mol. The Kier molecular flexibility index (Phi) is 8.90.